The fraction of sp³-hybridized carbons (Fsp3) is 0.308. The Morgan fingerprint density at radius 2 is 2.26 bits per heavy atom. The third-order valence-electron chi connectivity index (χ3n) is 2.38. The summed E-state index contributed by atoms with van der Waals surface area (Å²) >= 11 is 1.36. The van der Waals surface area contributed by atoms with E-state index < -0.39 is 0 Å². The fourth-order valence-electron chi connectivity index (χ4n) is 1.54. The van der Waals surface area contributed by atoms with E-state index >= 15 is 0 Å². The van der Waals surface area contributed by atoms with Crippen molar-refractivity contribution in [3.8, 4) is 6.19 Å². The van der Waals surface area contributed by atoms with Gasteiger partial charge in [-0.25, -0.2) is 4.99 Å². The number of nitrogens with zero attached hydrogens (tertiary/aromatic N) is 2. The number of benzene rings is 1. The highest BCUT2D eigenvalue weighted by atomic mass is 32.2. The molecule has 1 amide bonds. The Labute approximate surface area is 117 Å². The topological polar surface area (TPSA) is 77.3 Å². The number of aliphatic imine (C=N–C) groups is 1. The number of carbonyl (C=O) groups excluding carboxylic acids is 1. The number of amides is 1. The molecule has 0 radical (unpaired) electrons. The van der Waals surface area contributed by atoms with Crippen molar-refractivity contribution in [1.29, 1.82) is 5.26 Å². The summed E-state index contributed by atoms with van der Waals surface area (Å²) in [5, 5.41) is 14.4. The lowest BCUT2D eigenvalue weighted by molar-refractivity contribution is -0.119. The molecule has 0 heterocycles. The van der Waals surface area contributed by atoms with Gasteiger partial charge in [0, 0.05) is 6.92 Å². The Kier molecular flexibility index (Phi) is 5.90. The Morgan fingerprint density at radius 3 is 2.84 bits per heavy atom. The smallest absolute Gasteiger partial charge is 0.217 e. The van der Waals surface area contributed by atoms with E-state index in [4.69, 9.17) is 5.26 Å². The largest absolute Gasteiger partial charge is 0.350 e. The summed E-state index contributed by atoms with van der Waals surface area (Å²) in [6, 6.07) is 7.46. The third kappa shape index (κ3) is 5.02. The number of nitrogens with one attached hydrogen (secondary N) is 2. The molecule has 0 aliphatic rings. The lowest BCUT2D eigenvalue weighted by Gasteiger charge is -2.13. The van der Waals surface area contributed by atoms with E-state index in [1.165, 1.54) is 18.7 Å². The molecule has 100 valence electrons. The van der Waals surface area contributed by atoms with Gasteiger partial charge in [-0.15, -0.1) is 0 Å². The highest BCUT2D eigenvalue weighted by Gasteiger charge is 2.07. The van der Waals surface area contributed by atoms with E-state index in [1.54, 1.807) is 0 Å². The van der Waals surface area contributed by atoms with Crippen LogP contribution in [-0.2, 0) is 4.79 Å². The molecule has 5 nitrogen and oxygen atoms in total. The summed E-state index contributed by atoms with van der Waals surface area (Å²) in [6.07, 6.45) is 3.68. The standard InChI is InChI=1S/C13H16N4OS/c1-9(16-10(2)18)11-5-4-6-12(7-11)17-13(19-3)15-8-14/h4-7,9H,1-3H3,(H,15,17)(H,16,18). The molecule has 19 heavy (non-hydrogen) atoms. The van der Waals surface area contributed by atoms with Crippen LogP contribution in [0.3, 0.4) is 0 Å². The van der Waals surface area contributed by atoms with Crippen LogP contribution in [0.15, 0.2) is 29.3 Å². The first-order valence-electron chi connectivity index (χ1n) is 5.71. The van der Waals surface area contributed by atoms with Crippen LogP contribution in [-0.4, -0.2) is 17.3 Å². The SMILES string of the molecule is CSC(=Nc1cccc(C(C)NC(C)=O)c1)NC#N. The van der Waals surface area contributed by atoms with Crippen LogP contribution in [0, 0.1) is 11.5 Å². The van der Waals surface area contributed by atoms with Crippen molar-refractivity contribution in [3.05, 3.63) is 29.8 Å². The molecule has 0 saturated carbocycles. The monoisotopic (exact) mass is 276 g/mol. The van der Waals surface area contributed by atoms with Crippen LogP contribution < -0.4 is 10.6 Å². The molecule has 0 aliphatic heterocycles. The van der Waals surface area contributed by atoms with Crippen LogP contribution in [0.2, 0.25) is 0 Å². The second kappa shape index (κ2) is 7.44. The molecule has 1 aromatic rings. The van der Waals surface area contributed by atoms with Gasteiger partial charge in [0.15, 0.2) is 11.4 Å². The molecule has 1 aromatic carbocycles. The van der Waals surface area contributed by atoms with E-state index in [2.05, 4.69) is 15.6 Å². The number of amidine groups is 1. The van der Waals surface area contributed by atoms with E-state index in [0.717, 1.165) is 11.3 Å². The van der Waals surface area contributed by atoms with Crippen molar-refractivity contribution < 1.29 is 4.79 Å². The van der Waals surface area contributed by atoms with Gasteiger partial charge >= 0.3 is 0 Å². The van der Waals surface area contributed by atoms with E-state index in [9.17, 15) is 4.79 Å². The molecule has 0 aromatic heterocycles. The van der Waals surface area contributed by atoms with Crippen molar-refractivity contribution in [2.24, 2.45) is 4.99 Å². The third-order valence-corrected chi connectivity index (χ3v) is 2.96. The van der Waals surface area contributed by atoms with Gasteiger partial charge in [-0.05, 0) is 30.9 Å². The average Bonchev–Trinajstić information content (AvgIpc) is 2.37. The Bertz CT molecular complexity index is 522. The number of nitriles is 1. The van der Waals surface area contributed by atoms with Crippen molar-refractivity contribution in [3.63, 3.8) is 0 Å². The van der Waals surface area contributed by atoms with Gasteiger partial charge in [-0.3, -0.25) is 10.1 Å². The van der Waals surface area contributed by atoms with Gasteiger partial charge < -0.3 is 5.32 Å². The molecular formula is C13H16N4OS. The molecule has 6 heteroatoms. The fourth-order valence-corrected chi connectivity index (χ4v) is 1.89. The number of hydrogen-bond acceptors (Lipinski definition) is 4. The molecule has 1 atom stereocenters. The first-order valence-corrected chi connectivity index (χ1v) is 6.94. The predicted molar refractivity (Wildman–Crippen MR) is 78.0 cm³/mol. The molecule has 1 rings (SSSR count). The second-order valence-electron chi connectivity index (χ2n) is 3.88. The maximum atomic E-state index is 11.0. The first-order chi connectivity index (χ1) is 9.06. The van der Waals surface area contributed by atoms with E-state index in [0.29, 0.717) is 5.17 Å². The zero-order chi connectivity index (χ0) is 14.3. The summed E-state index contributed by atoms with van der Waals surface area (Å²) in [5.41, 5.74) is 1.70. The summed E-state index contributed by atoms with van der Waals surface area (Å²) in [7, 11) is 0. The molecule has 1 unspecified atom stereocenters. The number of thioether (sulfide) groups is 1. The maximum absolute atomic E-state index is 11.0. The molecule has 0 aliphatic carbocycles. The first kappa shape index (κ1) is 15.1. The lowest BCUT2D eigenvalue weighted by Crippen LogP contribution is -2.23. The van der Waals surface area contributed by atoms with Gasteiger partial charge in [0.2, 0.25) is 5.91 Å². The molecule has 0 fully saturated rings. The van der Waals surface area contributed by atoms with Gasteiger partial charge in [-0.2, -0.15) is 5.26 Å². The number of rotatable bonds is 3. The summed E-state index contributed by atoms with van der Waals surface area (Å²) in [6.45, 7) is 3.40. The van der Waals surface area contributed by atoms with Gasteiger partial charge in [0.25, 0.3) is 0 Å². The minimum Gasteiger partial charge on any atom is -0.350 e. The lowest BCUT2D eigenvalue weighted by atomic mass is 10.1. The van der Waals surface area contributed by atoms with Gasteiger partial charge in [-0.1, -0.05) is 23.9 Å². The quantitative estimate of drug-likeness (QED) is 0.384. The van der Waals surface area contributed by atoms with Gasteiger partial charge in [0.05, 0.1) is 11.7 Å². The zero-order valence-electron chi connectivity index (χ0n) is 11.1. The van der Waals surface area contributed by atoms with Crippen molar-refractivity contribution in [2.75, 3.05) is 6.26 Å². The Balaban J connectivity index is 2.94. The minimum atomic E-state index is -0.0747. The molecule has 0 spiro atoms. The highest BCUT2D eigenvalue weighted by Crippen LogP contribution is 2.20. The van der Waals surface area contributed by atoms with Crippen LogP contribution in [0.4, 0.5) is 5.69 Å². The van der Waals surface area contributed by atoms with Crippen molar-refractivity contribution in [2.45, 2.75) is 19.9 Å². The zero-order valence-corrected chi connectivity index (χ0v) is 11.9. The van der Waals surface area contributed by atoms with Crippen LogP contribution in [0.5, 0.6) is 0 Å². The Hall–Kier alpha value is -2.00. The molecule has 0 saturated heterocycles. The van der Waals surface area contributed by atoms with Crippen LogP contribution in [0.1, 0.15) is 25.5 Å². The molecule has 0 bridgehead atoms. The normalized spacial score (nSPS) is 12.4. The average molecular weight is 276 g/mol. The summed E-state index contributed by atoms with van der Waals surface area (Å²) < 4.78 is 0. The van der Waals surface area contributed by atoms with Gasteiger partial charge in [0.1, 0.15) is 0 Å². The summed E-state index contributed by atoms with van der Waals surface area (Å²) in [5.74, 6) is -0.0719. The van der Waals surface area contributed by atoms with E-state index in [1.807, 2.05) is 43.6 Å². The van der Waals surface area contributed by atoms with Crippen LogP contribution >= 0.6 is 11.8 Å². The minimum absolute atomic E-state index is 0.0719. The highest BCUT2D eigenvalue weighted by molar-refractivity contribution is 8.13. The summed E-state index contributed by atoms with van der Waals surface area (Å²) in [4.78, 5) is 15.4. The predicted octanol–water partition coefficient (Wildman–Crippen LogP) is 2.30. The molecule has 2 N–H and O–H groups in total. The van der Waals surface area contributed by atoms with Crippen molar-refractivity contribution in [1.82, 2.24) is 10.6 Å². The Morgan fingerprint density at radius 1 is 1.53 bits per heavy atom. The molecular weight excluding hydrogens is 260 g/mol. The number of hydrogen-bond donors (Lipinski definition) is 2. The maximum Gasteiger partial charge on any atom is 0.217 e. The number of carbonyl (C=O) groups is 1. The van der Waals surface area contributed by atoms with E-state index in [-0.39, 0.29) is 11.9 Å². The van der Waals surface area contributed by atoms with Crippen LogP contribution in [0.25, 0.3) is 0 Å². The second-order valence-corrected chi connectivity index (χ2v) is 4.67. The van der Waals surface area contributed by atoms with Crippen molar-refractivity contribution >= 4 is 28.5 Å².